The van der Waals surface area contributed by atoms with Crippen LogP contribution in [0, 0.1) is 16.7 Å². The summed E-state index contributed by atoms with van der Waals surface area (Å²) in [5, 5.41) is 20.0. The maximum Gasteiger partial charge on any atom is 0.243 e. The average molecular weight is 494 g/mol. The molecule has 0 aliphatic rings. The van der Waals surface area contributed by atoms with Crippen LogP contribution in [0.3, 0.4) is 0 Å². The van der Waals surface area contributed by atoms with Crippen LogP contribution in [0.15, 0.2) is 59.5 Å². The number of hydrogen-bond acceptors (Lipinski definition) is 6. The van der Waals surface area contributed by atoms with Crippen LogP contribution in [0.2, 0.25) is 0 Å². The highest BCUT2D eigenvalue weighted by Crippen LogP contribution is 2.28. The van der Waals surface area contributed by atoms with Crippen LogP contribution in [0.4, 0.5) is 0 Å². The van der Waals surface area contributed by atoms with Crippen molar-refractivity contribution in [3.8, 4) is 11.8 Å². The van der Waals surface area contributed by atoms with Crippen LogP contribution in [0.5, 0.6) is 5.75 Å². The van der Waals surface area contributed by atoms with E-state index in [0.717, 1.165) is 5.56 Å². The Kier molecular flexibility index (Phi) is 10.1. The van der Waals surface area contributed by atoms with E-state index in [9.17, 15) is 13.5 Å². The van der Waals surface area contributed by atoms with Gasteiger partial charge in [-0.05, 0) is 59.9 Å². The van der Waals surface area contributed by atoms with E-state index in [-0.39, 0.29) is 18.0 Å². The molecule has 0 saturated carbocycles. The van der Waals surface area contributed by atoms with Gasteiger partial charge in [-0.1, -0.05) is 44.2 Å². The van der Waals surface area contributed by atoms with Crippen LogP contribution in [-0.4, -0.2) is 50.2 Å². The minimum Gasteiger partial charge on any atom is -0.497 e. The predicted molar refractivity (Wildman–Crippen MR) is 129 cm³/mol. The SMILES string of the molecule is COc1ccc(S(=O)(=O)N(C[C@@H](O)C(Cc2ccccc2)NCl)CC(C)(C)CCC#N)cc1. The van der Waals surface area contributed by atoms with Crippen LogP contribution < -0.4 is 9.57 Å². The Balaban J connectivity index is 2.31. The normalized spacial score (nSPS) is 14.0. The van der Waals surface area contributed by atoms with Crippen molar-refractivity contribution in [1.82, 2.24) is 9.14 Å². The molecule has 2 aromatic carbocycles. The van der Waals surface area contributed by atoms with E-state index in [0.29, 0.717) is 25.0 Å². The first-order chi connectivity index (χ1) is 15.6. The number of nitrogens with zero attached hydrogens (tertiary/aromatic N) is 2. The zero-order chi connectivity index (χ0) is 24.5. The van der Waals surface area contributed by atoms with Crippen molar-refractivity contribution in [3.63, 3.8) is 0 Å². The highest BCUT2D eigenvalue weighted by Gasteiger charge is 2.34. The fourth-order valence-electron chi connectivity index (χ4n) is 3.55. The molecule has 0 aliphatic carbocycles. The summed E-state index contributed by atoms with van der Waals surface area (Å²) in [4.78, 5) is 2.70. The summed E-state index contributed by atoms with van der Waals surface area (Å²) >= 11 is 5.93. The van der Waals surface area contributed by atoms with Gasteiger partial charge >= 0.3 is 0 Å². The number of sulfonamides is 1. The van der Waals surface area contributed by atoms with Gasteiger partial charge in [-0.2, -0.15) is 9.57 Å². The molecule has 7 nitrogen and oxygen atoms in total. The van der Waals surface area contributed by atoms with Gasteiger partial charge in [0.05, 0.1) is 30.2 Å². The molecular weight excluding hydrogens is 462 g/mol. The van der Waals surface area contributed by atoms with Crippen molar-refractivity contribution < 1.29 is 18.3 Å². The largest absolute Gasteiger partial charge is 0.497 e. The number of aliphatic hydroxyl groups excluding tert-OH is 1. The highest BCUT2D eigenvalue weighted by atomic mass is 35.5. The van der Waals surface area contributed by atoms with Gasteiger partial charge in [-0.3, -0.25) is 0 Å². The molecule has 33 heavy (non-hydrogen) atoms. The molecule has 0 heterocycles. The Labute approximate surface area is 202 Å². The molecule has 0 aliphatic heterocycles. The fourth-order valence-corrected chi connectivity index (χ4v) is 5.42. The van der Waals surface area contributed by atoms with E-state index in [1.165, 1.54) is 23.5 Å². The van der Waals surface area contributed by atoms with Gasteiger partial charge in [0.15, 0.2) is 0 Å². The lowest BCUT2D eigenvalue weighted by atomic mass is 9.88. The Hall–Kier alpha value is -2.15. The van der Waals surface area contributed by atoms with Gasteiger partial charge in [0.25, 0.3) is 0 Å². The number of halogens is 1. The van der Waals surface area contributed by atoms with Crippen LogP contribution in [0.25, 0.3) is 0 Å². The van der Waals surface area contributed by atoms with Gasteiger partial charge < -0.3 is 9.84 Å². The molecule has 0 fully saturated rings. The molecule has 0 spiro atoms. The van der Waals surface area contributed by atoms with Gasteiger partial charge in [-0.15, -0.1) is 0 Å². The number of methoxy groups -OCH3 is 1. The molecule has 0 aromatic heterocycles. The minimum absolute atomic E-state index is 0.102. The Bertz CT molecular complexity index is 1010. The van der Waals surface area contributed by atoms with Crippen molar-refractivity contribution in [3.05, 3.63) is 60.2 Å². The molecule has 2 rings (SSSR count). The third-order valence-electron chi connectivity index (χ3n) is 5.51. The molecule has 0 bridgehead atoms. The molecule has 2 aromatic rings. The van der Waals surface area contributed by atoms with E-state index in [2.05, 4.69) is 10.9 Å². The number of ether oxygens (including phenoxy) is 1. The summed E-state index contributed by atoms with van der Waals surface area (Å²) in [6.45, 7) is 3.81. The van der Waals surface area contributed by atoms with Crippen LogP contribution in [-0.2, 0) is 16.4 Å². The first kappa shape index (κ1) is 27.1. The number of rotatable bonds is 13. The summed E-state index contributed by atoms with van der Waals surface area (Å²) in [5.74, 6) is 0.546. The third-order valence-corrected chi connectivity index (χ3v) is 7.62. The van der Waals surface area contributed by atoms with Crippen LogP contribution >= 0.6 is 11.8 Å². The number of nitrogens with one attached hydrogen (secondary N) is 1. The smallest absolute Gasteiger partial charge is 0.243 e. The first-order valence-corrected chi connectivity index (χ1v) is 12.5. The number of aliphatic hydroxyl groups is 1. The molecule has 0 amide bonds. The number of nitriles is 1. The summed E-state index contributed by atoms with van der Waals surface area (Å²) in [5.41, 5.74) is 0.492. The molecule has 1 unspecified atom stereocenters. The monoisotopic (exact) mass is 493 g/mol. The minimum atomic E-state index is -3.93. The van der Waals surface area contributed by atoms with E-state index in [1.807, 2.05) is 44.2 Å². The van der Waals surface area contributed by atoms with Crippen molar-refractivity contribution in [1.29, 1.82) is 5.26 Å². The maximum atomic E-state index is 13.5. The highest BCUT2D eigenvalue weighted by molar-refractivity contribution is 7.89. The maximum absolute atomic E-state index is 13.5. The topological polar surface area (TPSA) is 103 Å². The lowest BCUT2D eigenvalue weighted by Gasteiger charge is -2.34. The summed E-state index contributed by atoms with van der Waals surface area (Å²) < 4.78 is 33.5. The van der Waals surface area contributed by atoms with Crippen molar-refractivity contribution >= 4 is 21.8 Å². The number of benzene rings is 2. The third kappa shape index (κ3) is 7.98. The van der Waals surface area contributed by atoms with E-state index in [1.54, 1.807) is 12.1 Å². The standard InChI is InChI=1S/C24H32ClN3O4S/c1-24(2,14-7-15-26)18-28(33(30,31)21-12-10-20(32-3)11-13-21)17-23(29)22(27-25)16-19-8-5-4-6-9-19/h4-6,8-13,22-23,27,29H,7,14,16-18H2,1-3H3/t22?,23-/m1/s1. The molecular formula is C24H32ClN3O4S. The summed E-state index contributed by atoms with van der Waals surface area (Å²) in [6.07, 6.45) is 0.198. The second-order valence-electron chi connectivity index (χ2n) is 8.77. The molecule has 0 radical (unpaired) electrons. The fraction of sp³-hybridized carbons (Fsp3) is 0.458. The van der Waals surface area contributed by atoms with Gasteiger partial charge in [-0.25, -0.2) is 13.3 Å². The molecule has 2 atom stereocenters. The Morgan fingerprint density at radius 2 is 1.82 bits per heavy atom. The van der Waals surface area contributed by atoms with Gasteiger partial charge in [0, 0.05) is 19.5 Å². The van der Waals surface area contributed by atoms with E-state index >= 15 is 0 Å². The first-order valence-electron chi connectivity index (χ1n) is 10.7. The van der Waals surface area contributed by atoms with E-state index in [4.69, 9.17) is 21.8 Å². The lowest BCUT2D eigenvalue weighted by Crippen LogP contribution is -2.49. The lowest BCUT2D eigenvalue weighted by molar-refractivity contribution is 0.101. The van der Waals surface area contributed by atoms with Crippen LogP contribution in [0.1, 0.15) is 32.3 Å². The van der Waals surface area contributed by atoms with Crippen molar-refractivity contribution in [2.24, 2.45) is 5.41 Å². The average Bonchev–Trinajstić information content (AvgIpc) is 2.81. The molecule has 0 saturated heterocycles. The van der Waals surface area contributed by atoms with Gasteiger partial charge in [0.1, 0.15) is 5.75 Å². The number of hydrogen-bond donors (Lipinski definition) is 2. The van der Waals surface area contributed by atoms with Crippen molar-refractivity contribution in [2.75, 3.05) is 20.2 Å². The second kappa shape index (κ2) is 12.4. The van der Waals surface area contributed by atoms with E-state index < -0.39 is 27.6 Å². The summed E-state index contributed by atoms with van der Waals surface area (Å²) in [6, 6.07) is 17.2. The predicted octanol–water partition coefficient (Wildman–Crippen LogP) is 3.73. The quantitative estimate of drug-likeness (QED) is 0.412. The second-order valence-corrected chi connectivity index (χ2v) is 10.9. The molecule has 9 heteroatoms. The zero-order valence-electron chi connectivity index (χ0n) is 19.2. The molecule has 180 valence electrons. The summed E-state index contributed by atoms with van der Waals surface area (Å²) in [7, 11) is -2.42. The van der Waals surface area contributed by atoms with Gasteiger partial charge in [0.2, 0.25) is 10.0 Å². The Morgan fingerprint density at radius 3 is 2.36 bits per heavy atom. The van der Waals surface area contributed by atoms with Crippen molar-refractivity contribution in [2.45, 2.75) is 50.2 Å². The zero-order valence-corrected chi connectivity index (χ0v) is 20.8. The molecule has 2 N–H and O–H groups in total. The Morgan fingerprint density at radius 1 is 1.18 bits per heavy atom.